The molecule has 0 radical (unpaired) electrons. The van der Waals surface area contributed by atoms with E-state index < -0.39 is 0 Å². The minimum atomic E-state index is 0. The molecule has 0 amide bonds. The van der Waals surface area contributed by atoms with Crippen molar-refractivity contribution in [3.8, 4) is 22.3 Å². The van der Waals surface area contributed by atoms with Crippen LogP contribution in [0.1, 0.15) is 115 Å². The van der Waals surface area contributed by atoms with E-state index in [-0.39, 0.29) is 41.1 Å². The molecule has 0 bridgehead atoms. The van der Waals surface area contributed by atoms with E-state index in [1.807, 2.05) is 0 Å². The average molecular weight is 855 g/mol. The van der Waals surface area contributed by atoms with E-state index in [2.05, 4.69) is 180 Å². The van der Waals surface area contributed by atoms with Gasteiger partial charge in [0.05, 0.1) is 0 Å². The number of rotatable bonds is 8. The molecule has 6 rings (SSSR count). The third kappa shape index (κ3) is 12.1. The van der Waals surface area contributed by atoms with Crippen LogP contribution in [-0.2, 0) is 47.0 Å². The van der Waals surface area contributed by atoms with Gasteiger partial charge in [-0.1, -0.05) is 154 Å². The fourth-order valence-corrected chi connectivity index (χ4v) is 10.3. The van der Waals surface area contributed by atoms with Crippen LogP contribution >= 0.6 is 0 Å². The van der Waals surface area contributed by atoms with Crippen LogP contribution in [0.4, 0.5) is 0 Å². The van der Waals surface area contributed by atoms with Gasteiger partial charge in [-0.25, -0.2) is 0 Å². The van der Waals surface area contributed by atoms with Gasteiger partial charge in [-0.05, 0) is 45.9 Å². The summed E-state index contributed by atoms with van der Waals surface area (Å²) in [6, 6.07) is 37.9. The molecule has 0 spiro atoms. The van der Waals surface area contributed by atoms with Crippen LogP contribution in [0.15, 0.2) is 97.1 Å². The van der Waals surface area contributed by atoms with Crippen LogP contribution in [0.25, 0.3) is 43.8 Å². The molecule has 0 saturated heterocycles. The van der Waals surface area contributed by atoms with Gasteiger partial charge >= 0.3 is 54.7 Å². The van der Waals surface area contributed by atoms with E-state index in [0.29, 0.717) is 0 Å². The summed E-state index contributed by atoms with van der Waals surface area (Å²) in [4.78, 5) is 0. The van der Waals surface area contributed by atoms with Crippen molar-refractivity contribution in [1.29, 1.82) is 0 Å². The molecule has 4 heteroatoms. The van der Waals surface area contributed by atoms with Gasteiger partial charge in [0.2, 0.25) is 0 Å². The zero-order chi connectivity index (χ0) is 38.2. The second-order valence-corrected chi connectivity index (χ2v) is 25.2. The summed E-state index contributed by atoms with van der Waals surface area (Å²) in [5.74, 6) is 0. The first-order valence-electron chi connectivity index (χ1n) is 19.7. The summed E-state index contributed by atoms with van der Waals surface area (Å²) in [5.41, 5.74) is 14.6. The molecule has 0 saturated carbocycles. The van der Waals surface area contributed by atoms with Crippen molar-refractivity contribution in [3.63, 3.8) is 0 Å². The van der Waals surface area contributed by atoms with Crippen LogP contribution in [0.5, 0.6) is 0 Å². The Kier molecular flexibility index (Phi) is 18.9. The van der Waals surface area contributed by atoms with Crippen LogP contribution < -0.4 is 24.8 Å². The summed E-state index contributed by atoms with van der Waals surface area (Å²) >= 11 is 1.79. The molecule has 0 heterocycles. The minimum Gasteiger partial charge on any atom is -1.00 e. The summed E-state index contributed by atoms with van der Waals surface area (Å²) in [6.45, 7) is 27.5. The maximum absolute atomic E-state index is 2.40. The van der Waals surface area contributed by atoms with Gasteiger partial charge in [-0.3, -0.25) is 0 Å². The van der Waals surface area contributed by atoms with Gasteiger partial charge in [0.15, 0.2) is 0 Å². The second-order valence-electron chi connectivity index (χ2n) is 16.8. The number of fused-ring (bicyclic) bond motifs is 2. The Bertz CT molecular complexity index is 1920. The number of hydrogen-bond donors (Lipinski definition) is 0. The molecule has 0 aliphatic carbocycles. The summed E-state index contributed by atoms with van der Waals surface area (Å²) < 4.78 is 0. The largest absolute Gasteiger partial charge is 1.00 e. The van der Waals surface area contributed by atoms with E-state index >= 15 is 0 Å². The normalized spacial score (nSPS) is 11.2. The number of benzene rings is 4. The van der Waals surface area contributed by atoms with Crippen molar-refractivity contribution in [1.82, 2.24) is 0 Å². The molecule has 6 aromatic carbocycles. The fourth-order valence-electron chi connectivity index (χ4n) is 7.71. The number of aryl methyl sites for hydroxylation is 4. The Labute approximate surface area is 356 Å². The van der Waals surface area contributed by atoms with Crippen molar-refractivity contribution in [2.45, 2.75) is 132 Å². The predicted octanol–water partition coefficient (Wildman–Crippen LogP) is 9.14. The zero-order valence-corrected chi connectivity index (χ0v) is 40.2. The van der Waals surface area contributed by atoms with Crippen LogP contribution in [0.2, 0.25) is 12.6 Å². The smallest absolute Gasteiger partial charge is 0.0279 e. The van der Waals surface area contributed by atoms with Crippen molar-refractivity contribution in [2.24, 2.45) is 0 Å². The Morgan fingerprint density at radius 2 is 0.889 bits per heavy atom. The first-order chi connectivity index (χ1) is 24.6. The molecule has 0 nitrogen and oxygen atoms in total. The topological polar surface area (TPSA) is 0 Å². The fraction of sp³-hybridized carbons (Fsp3) is 0.400. The first-order valence-corrected chi connectivity index (χ1v) is 25.6. The molecule has 0 aliphatic heterocycles. The molecular formula is C50H64Cl2SiZr-2. The Morgan fingerprint density at radius 3 is 1.15 bits per heavy atom. The molecule has 54 heavy (non-hydrogen) atoms. The van der Waals surface area contributed by atoms with E-state index in [1.165, 1.54) is 102 Å². The Balaban J connectivity index is 0.000000315. The van der Waals surface area contributed by atoms with Crippen molar-refractivity contribution in [3.05, 3.63) is 130 Å². The van der Waals surface area contributed by atoms with Gasteiger partial charge in [0.1, 0.15) is 0 Å². The van der Waals surface area contributed by atoms with Gasteiger partial charge in [0.25, 0.3) is 0 Å². The average Bonchev–Trinajstić information content (AvgIpc) is 3.63. The second kappa shape index (κ2) is 21.3. The van der Waals surface area contributed by atoms with E-state index in [4.69, 9.17) is 0 Å². The van der Waals surface area contributed by atoms with E-state index in [0.717, 1.165) is 12.8 Å². The monoisotopic (exact) mass is 852 g/mol. The summed E-state index contributed by atoms with van der Waals surface area (Å²) in [5, 5.41) is 5.56. The zero-order valence-electron chi connectivity index (χ0n) is 35.2. The Hall–Kier alpha value is -2.22. The van der Waals surface area contributed by atoms with Gasteiger partial charge in [0, 0.05) is 0 Å². The molecule has 0 aromatic heterocycles. The third-order valence-corrected chi connectivity index (χ3v) is 13.3. The molecule has 288 valence electrons. The van der Waals surface area contributed by atoms with Crippen LogP contribution in [0, 0.1) is 13.8 Å². The maximum Gasteiger partial charge on any atom is -0.0279 e. The van der Waals surface area contributed by atoms with E-state index in [9.17, 15) is 0 Å². The quantitative estimate of drug-likeness (QED) is 0.106. The minimum absolute atomic E-state index is 0. The third-order valence-electron chi connectivity index (χ3n) is 10.2. The molecular weight excluding hydrogens is 791 g/mol. The number of halogens is 2. The van der Waals surface area contributed by atoms with Crippen molar-refractivity contribution < 1.29 is 48.1 Å². The van der Waals surface area contributed by atoms with Gasteiger partial charge in [-0.15, -0.1) is 69.1 Å². The molecule has 0 fully saturated rings. The molecule has 0 unspecified atom stereocenters. The van der Waals surface area contributed by atoms with Gasteiger partial charge in [-0.2, -0.15) is 11.1 Å². The molecule has 0 aliphatic rings. The first kappa shape index (κ1) is 47.9. The SMILES string of the molecule is CCC[Si](C)=[Zr+2].CCCc1ccc(-c2cccc3[cH-]c(C(C)(C)C)c(C)c23)cc1.CCCc1ccc(-c2cccc3[cH-]c(C(C)(C)C)c(C)c23)cc1.[Cl-].[Cl-]. The van der Waals surface area contributed by atoms with Crippen molar-refractivity contribution >= 4 is 27.0 Å². The standard InChI is InChI=1S/2C23H27.C4H10Si.2ClH.Zr/c2*1-6-8-17-11-13-18(14-12-17)20-10-7-9-19-15-21(23(3,4)5)16(2)22(19)20;1-3-4-5-2;;;/h2*7,9-15H,6,8H2,1-5H3;3-4H2,1-2H3;2*1H;/q2*-1;;;;+2/p-2. The van der Waals surface area contributed by atoms with Crippen LogP contribution in [-0.4, -0.2) is 5.43 Å². The number of hydrogen-bond acceptors (Lipinski definition) is 0. The molecule has 0 atom stereocenters. The molecule has 6 aromatic rings. The van der Waals surface area contributed by atoms with Crippen molar-refractivity contribution in [2.75, 3.05) is 0 Å². The van der Waals surface area contributed by atoms with Crippen LogP contribution in [0.3, 0.4) is 0 Å². The van der Waals surface area contributed by atoms with Gasteiger partial charge < -0.3 is 24.8 Å². The summed E-state index contributed by atoms with van der Waals surface area (Å²) in [6.07, 6.45) is 6.12. The Morgan fingerprint density at radius 1 is 0.537 bits per heavy atom. The predicted molar refractivity (Wildman–Crippen MR) is 232 cm³/mol. The maximum atomic E-state index is 2.40. The van der Waals surface area contributed by atoms with E-state index in [1.54, 1.807) is 23.3 Å². The molecule has 0 N–H and O–H groups in total. The summed E-state index contributed by atoms with van der Waals surface area (Å²) in [7, 11) is 0.